The van der Waals surface area contributed by atoms with Gasteiger partial charge in [0.05, 0.1) is 26.3 Å². The average Bonchev–Trinajstić information content (AvgIpc) is 2.75. The van der Waals surface area contributed by atoms with E-state index in [2.05, 4.69) is 5.32 Å². The lowest BCUT2D eigenvalue weighted by molar-refractivity contribution is -0.387. The normalized spacial score (nSPS) is 10.4. The van der Waals surface area contributed by atoms with Gasteiger partial charge in [0, 0.05) is 11.6 Å². The summed E-state index contributed by atoms with van der Waals surface area (Å²) in [6, 6.07) is 17.6. The van der Waals surface area contributed by atoms with Crippen LogP contribution < -0.4 is 15.8 Å². The lowest BCUT2D eigenvalue weighted by atomic mass is 10.2. The van der Waals surface area contributed by atoms with Crippen molar-refractivity contribution in [3.63, 3.8) is 0 Å². The summed E-state index contributed by atoms with van der Waals surface area (Å²) < 4.78 is 5.80. The monoisotopic (exact) mass is 457 g/mol. The molecule has 8 nitrogen and oxygen atoms in total. The molecule has 0 aliphatic rings. The molecule has 31 heavy (non-hydrogen) atoms. The van der Waals surface area contributed by atoms with Crippen molar-refractivity contribution >= 4 is 46.6 Å². The Morgan fingerprint density at radius 3 is 2.42 bits per heavy atom. The van der Waals surface area contributed by atoms with Crippen molar-refractivity contribution in [3.05, 3.63) is 87.4 Å². The van der Waals surface area contributed by atoms with Crippen LogP contribution in [-0.2, 0) is 4.79 Å². The first-order chi connectivity index (χ1) is 14.8. The molecular formula is C21H16ClN3O5S. The number of hydrogen-bond acceptors (Lipinski definition) is 6. The van der Waals surface area contributed by atoms with E-state index >= 15 is 0 Å². The number of halogens is 1. The molecule has 0 heterocycles. The zero-order valence-corrected chi connectivity index (χ0v) is 17.5. The maximum Gasteiger partial charge on any atom is 0.283 e. The Kier molecular flexibility index (Phi) is 7.11. The number of nitro benzene ring substituents is 1. The fourth-order valence-electron chi connectivity index (χ4n) is 2.57. The molecule has 3 aromatic rings. The van der Waals surface area contributed by atoms with Crippen molar-refractivity contribution in [1.29, 1.82) is 0 Å². The Hall–Kier alpha value is -3.56. The third-order valence-corrected chi connectivity index (χ3v) is 5.39. The van der Waals surface area contributed by atoms with Crippen LogP contribution in [-0.4, -0.2) is 22.5 Å². The molecule has 0 atom stereocenters. The van der Waals surface area contributed by atoms with Crippen LogP contribution in [0.25, 0.3) is 0 Å². The number of rotatable bonds is 8. The van der Waals surface area contributed by atoms with Gasteiger partial charge in [0.2, 0.25) is 11.8 Å². The van der Waals surface area contributed by atoms with E-state index in [0.29, 0.717) is 22.2 Å². The first kappa shape index (κ1) is 22.1. The van der Waals surface area contributed by atoms with E-state index in [1.165, 1.54) is 12.1 Å². The van der Waals surface area contributed by atoms with Gasteiger partial charge in [-0.15, -0.1) is 11.8 Å². The Labute approximate surface area is 186 Å². The largest absolute Gasteiger partial charge is 0.454 e. The minimum atomic E-state index is -0.771. The Morgan fingerprint density at radius 2 is 1.74 bits per heavy atom. The Bertz CT molecular complexity index is 1160. The number of anilines is 1. The lowest BCUT2D eigenvalue weighted by Gasteiger charge is -2.13. The molecule has 0 aromatic heterocycles. The number of nitrogens with one attached hydrogen (secondary N) is 1. The second-order valence-corrected chi connectivity index (χ2v) is 7.59. The second kappa shape index (κ2) is 9.96. The van der Waals surface area contributed by atoms with Gasteiger partial charge in [-0.2, -0.15) is 0 Å². The summed E-state index contributed by atoms with van der Waals surface area (Å²) in [5.74, 6) is -0.436. The quantitative estimate of drug-likeness (QED) is 0.282. The third kappa shape index (κ3) is 5.74. The molecule has 2 amide bonds. The number of carbonyl (C=O) groups is 2. The zero-order chi connectivity index (χ0) is 22.4. The Morgan fingerprint density at radius 1 is 1.06 bits per heavy atom. The molecule has 3 aromatic carbocycles. The molecule has 0 unspecified atom stereocenters. The van der Waals surface area contributed by atoms with Gasteiger partial charge < -0.3 is 15.8 Å². The third-order valence-electron chi connectivity index (χ3n) is 4.02. The molecular weight excluding hydrogens is 442 g/mol. The van der Waals surface area contributed by atoms with Gasteiger partial charge in [-0.25, -0.2) is 0 Å². The molecule has 0 saturated heterocycles. The molecule has 10 heteroatoms. The summed E-state index contributed by atoms with van der Waals surface area (Å²) in [4.78, 5) is 34.6. The highest BCUT2D eigenvalue weighted by Crippen LogP contribution is 2.34. The minimum Gasteiger partial charge on any atom is -0.454 e. The van der Waals surface area contributed by atoms with Crippen molar-refractivity contribution in [2.75, 3.05) is 11.1 Å². The summed E-state index contributed by atoms with van der Waals surface area (Å²) in [6.45, 7) is 0. The summed E-state index contributed by atoms with van der Waals surface area (Å²) in [6.07, 6.45) is 0. The fraction of sp³-hybridized carbons (Fsp3) is 0.0476. The highest BCUT2D eigenvalue weighted by atomic mass is 35.5. The van der Waals surface area contributed by atoms with Crippen molar-refractivity contribution < 1.29 is 19.2 Å². The standard InChI is InChI=1S/C21H16ClN3O5S/c22-14-5-1-3-7-17(14)30-18-8-4-2-6-15(18)24-20(26)12-31-19-10-9-13(21(23)27)11-16(19)25(28)29/h1-11H,12H2,(H2,23,27)(H,24,26). The lowest BCUT2D eigenvalue weighted by Crippen LogP contribution is -2.15. The number of para-hydroxylation sites is 3. The number of nitrogens with two attached hydrogens (primary N) is 1. The van der Waals surface area contributed by atoms with Crippen molar-refractivity contribution in [3.8, 4) is 11.5 Å². The van der Waals surface area contributed by atoms with Crippen molar-refractivity contribution in [2.45, 2.75) is 4.90 Å². The highest BCUT2D eigenvalue weighted by Gasteiger charge is 2.18. The maximum atomic E-state index is 12.5. The molecule has 0 radical (unpaired) electrons. The van der Waals surface area contributed by atoms with Gasteiger partial charge in [0.1, 0.15) is 5.75 Å². The van der Waals surface area contributed by atoms with Gasteiger partial charge in [-0.1, -0.05) is 35.9 Å². The number of nitro groups is 1. The maximum absolute atomic E-state index is 12.5. The summed E-state index contributed by atoms with van der Waals surface area (Å²) in [5, 5.41) is 14.4. The van der Waals surface area contributed by atoms with Gasteiger partial charge in [0.15, 0.2) is 5.75 Å². The number of thioether (sulfide) groups is 1. The molecule has 0 spiro atoms. The van der Waals surface area contributed by atoms with Crippen LogP contribution in [0.3, 0.4) is 0 Å². The van der Waals surface area contributed by atoms with Crippen LogP contribution in [0, 0.1) is 10.1 Å². The minimum absolute atomic E-state index is 0.0196. The predicted molar refractivity (Wildman–Crippen MR) is 119 cm³/mol. The molecule has 3 rings (SSSR count). The van der Waals surface area contributed by atoms with E-state index in [1.807, 2.05) is 0 Å². The second-order valence-electron chi connectivity index (χ2n) is 6.17. The van der Waals surface area contributed by atoms with Crippen LogP contribution in [0.1, 0.15) is 10.4 Å². The van der Waals surface area contributed by atoms with Crippen LogP contribution in [0.15, 0.2) is 71.6 Å². The smallest absolute Gasteiger partial charge is 0.283 e. The molecule has 0 saturated carbocycles. The van der Waals surface area contributed by atoms with E-state index < -0.39 is 16.7 Å². The number of hydrogen-bond donors (Lipinski definition) is 2. The van der Waals surface area contributed by atoms with E-state index in [1.54, 1.807) is 48.5 Å². The number of amides is 2. The first-order valence-corrected chi connectivity index (χ1v) is 10.2. The summed E-state index contributed by atoms with van der Waals surface area (Å²) in [7, 11) is 0. The predicted octanol–water partition coefficient (Wildman–Crippen LogP) is 4.87. The van der Waals surface area contributed by atoms with Crippen LogP contribution in [0.4, 0.5) is 11.4 Å². The Balaban J connectivity index is 1.70. The van der Waals surface area contributed by atoms with E-state index in [0.717, 1.165) is 17.8 Å². The van der Waals surface area contributed by atoms with Gasteiger partial charge in [-0.3, -0.25) is 19.7 Å². The van der Waals surface area contributed by atoms with E-state index in [9.17, 15) is 19.7 Å². The topological polar surface area (TPSA) is 125 Å². The van der Waals surface area contributed by atoms with E-state index in [4.69, 9.17) is 22.1 Å². The summed E-state index contributed by atoms with van der Waals surface area (Å²) >= 11 is 7.09. The SMILES string of the molecule is NC(=O)c1ccc(SCC(=O)Nc2ccccc2Oc2ccccc2Cl)c([N+](=O)[O-])c1. The number of benzene rings is 3. The van der Waals surface area contributed by atoms with Gasteiger partial charge in [0.25, 0.3) is 5.69 Å². The number of primary amides is 1. The molecule has 0 fully saturated rings. The summed E-state index contributed by atoms with van der Waals surface area (Å²) in [5.41, 5.74) is 5.31. The van der Waals surface area contributed by atoms with Crippen LogP contribution in [0.2, 0.25) is 5.02 Å². The van der Waals surface area contributed by atoms with Crippen molar-refractivity contribution in [2.24, 2.45) is 5.73 Å². The van der Waals surface area contributed by atoms with Crippen molar-refractivity contribution in [1.82, 2.24) is 0 Å². The van der Waals surface area contributed by atoms with E-state index in [-0.39, 0.29) is 21.9 Å². The number of carbonyl (C=O) groups excluding carboxylic acids is 2. The molecule has 0 aliphatic heterocycles. The van der Waals surface area contributed by atoms with Crippen LogP contribution >= 0.6 is 23.4 Å². The highest BCUT2D eigenvalue weighted by molar-refractivity contribution is 8.00. The first-order valence-electron chi connectivity index (χ1n) is 8.87. The van der Waals surface area contributed by atoms with Gasteiger partial charge in [-0.05, 0) is 36.4 Å². The fourth-order valence-corrected chi connectivity index (χ4v) is 3.55. The zero-order valence-electron chi connectivity index (χ0n) is 15.9. The molecule has 158 valence electrons. The van der Waals surface area contributed by atoms with Crippen LogP contribution in [0.5, 0.6) is 11.5 Å². The number of nitrogens with zero attached hydrogens (tertiary/aromatic N) is 1. The average molecular weight is 458 g/mol. The van der Waals surface area contributed by atoms with Gasteiger partial charge >= 0.3 is 0 Å². The molecule has 0 aliphatic carbocycles. The molecule has 0 bridgehead atoms. The number of ether oxygens (including phenoxy) is 1. The molecule has 3 N–H and O–H groups in total.